The molecule has 0 aliphatic heterocycles. The summed E-state index contributed by atoms with van der Waals surface area (Å²) >= 11 is 0. The molecule has 4 N–H and O–H groups in total. The standard InChI is InChI=1S/C21H23N3O4/c1-13(28-20(26)15-8-4-9-16(12-15)23-21(22)27)19(25)24-18-11-5-7-14-6-2-3-10-17(14)18/h2-4,6,8-10,12-13,18H,5,7,11H2,1H3,(H,24,25)(H3,22,23,27)/t13-,18+/m1/s1. The van der Waals surface area contributed by atoms with Crippen LogP contribution in [0.1, 0.15) is 47.3 Å². The zero-order valence-corrected chi connectivity index (χ0v) is 15.6. The highest BCUT2D eigenvalue weighted by molar-refractivity contribution is 5.95. The summed E-state index contributed by atoms with van der Waals surface area (Å²) in [6.07, 6.45) is 1.90. The van der Waals surface area contributed by atoms with Gasteiger partial charge in [-0.05, 0) is 55.5 Å². The van der Waals surface area contributed by atoms with E-state index in [1.807, 2.05) is 18.2 Å². The number of nitrogens with one attached hydrogen (secondary N) is 2. The number of hydrogen-bond acceptors (Lipinski definition) is 4. The molecule has 1 aliphatic carbocycles. The number of aryl methyl sites for hydroxylation is 1. The fourth-order valence-corrected chi connectivity index (χ4v) is 3.34. The van der Waals surface area contributed by atoms with E-state index in [0.29, 0.717) is 5.69 Å². The maximum absolute atomic E-state index is 12.5. The number of hydrogen-bond donors (Lipinski definition) is 3. The minimum atomic E-state index is -0.950. The number of amides is 3. The van der Waals surface area contributed by atoms with Crippen LogP contribution in [-0.2, 0) is 16.0 Å². The van der Waals surface area contributed by atoms with Crippen LogP contribution in [0.2, 0.25) is 0 Å². The summed E-state index contributed by atoms with van der Waals surface area (Å²) in [7, 11) is 0. The highest BCUT2D eigenvalue weighted by atomic mass is 16.5. The lowest BCUT2D eigenvalue weighted by atomic mass is 9.87. The van der Waals surface area contributed by atoms with Crippen molar-refractivity contribution < 1.29 is 19.1 Å². The number of nitrogens with two attached hydrogens (primary N) is 1. The molecule has 2 atom stereocenters. The molecule has 0 aromatic heterocycles. The minimum absolute atomic E-state index is 0.0818. The van der Waals surface area contributed by atoms with Gasteiger partial charge in [0.15, 0.2) is 6.10 Å². The van der Waals surface area contributed by atoms with Gasteiger partial charge in [-0.1, -0.05) is 30.3 Å². The number of carbonyl (C=O) groups excluding carboxylic acids is 3. The molecule has 146 valence electrons. The van der Waals surface area contributed by atoms with Crippen molar-refractivity contribution in [2.75, 3.05) is 5.32 Å². The molecule has 7 nitrogen and oxygen atoms in total. The Balaban J connectivity index is 1.62. The molecular formula is C21H23N3O4. The van der Waals surface area contributed by atoms with Crippen LogP contribution in [0.3, 0.4) is 0 Å². The van der Waals surface area contributed by atoms with Gasteiger partial charge in [-0.15, -0.1) is 0 Å². The molecule has 1 aliphatic rings. The molecule has 3 rings (SSSR count). The van der Waals surface area contributed by atoms with Crippen molar-refractivity contribution in [2.45, 2.75) is 38.3 Å². The molecule has 0 bridgehead atoms. The van der Waals surface area contributed by atoms with Crippen molar-refractivity contribution in [3.8, 4) is 0 Å². The van der Waals surface area contributed by atoms with Gasteiger partial charge in [0.2, 0.25) is 0 Å². The van der Waals surface area contributed by atoms with Gasteiger partial charge in [0, 0.05) is 5.69 Å². The maximum Gasteiger partial charge on any atom is 0.338 e. The fraction of sp³-hybridized carbons (Fsp3) is 0.286. The molecule has 0 fully saturated rings. The van der Waals surface area contributed by atoms with E-state index < -0.39 is 18.1 Å². The number of esters is 1. The second-order valence-electron chi connectivity index (χ2n) is 6.77. The van der Waals surface area contributed by atoms with Crippen LogP contribution >= 0.6 is 0 Å². The smallest absolute Gasteiger partial charge is 0.338 e. The number of primary amides is 1. The van der Waals surface area contributed by atoms with E-state index in [9.17, 15) is 14.4 Å². The third-order valence-corrected chi connectivity index (χ3v) is 4.70. The van der Waals surface area contributed by atoms with Gasteiger partial charge in [-0.3, -0.25) is 4.79 Å². The van der Waals surface area contributed by atoms with Crippen molar-refractivity contribution in [1.29, 1.82) is 0 Å². The molecule has 0 spiro atoms. The number of ether oxygens (including phenoxy) is 1. The van der Waals surface area contributed by atoms with E-state index in [0.717, 1.165) is 24.8 Å². The summed E-state index contributed by atoms with van der Waals surface area (Å²) < 4.78 is 5.29. The number of benzene rings is 2. The van der Waals surface area contributed by atoms with Crippen molar-refractivity contribution in [1.82, 2.24) is 5.32 Å². The topological polar surface area (TPSA) is 111 Å². The van der Waals surface area contributed by atoms with Crippen molar-refractivity contribution >= 4 is 23.6 Å². The van der Waals surface area contributed by atoms with Crippen LogP contribution in [0.15, 0.2) is 48.5 Å². The van der Waals surface area contributed by atoms with E-state index in [1.54, 1.807) is 12.1 Å². The number of rotatable bonds is 5. The molecule has 28 heavy (non-hydrogen) atoms. The van der Waals surface area contributed by atoms with E-state index >= 15 is 0 Å². The van der Waals surface area contributed by atoms with Gasteiger partial charge in [0.25, 0.3) is 5.91 Å². The SMILES string of the molecule is C[C@@H](OC(=O)c1cccc(NC(N)=O)c1)C(=O)N[C@H]1CCCc2ccccc21. The fourth-order valence-electron chi connectivity index (χ4n) is 3.34. The molecule has 3 amide bonds. The van der Waals surface area contributed by atoms with Crippen molar-refractivity contribution in [2.24, 2.45) is 5.73 Å². The first kappa shape index (κ1) is 19.4. The Bertz CT molecular complexity index is 897. The second-order valence-corrected chi connectivity index (χ2v) is 6.77. The molecule has 2 aromatic rings. The molecule has 0 saturated heterocycles. The van der Waals surface area contributed by atoms with Gasteiger partial charge >= 0.3 is 12.0 Å². The largest absolute Gasteiger partial charge is 0.449 e. The summed E-state index contributed by atoms with van der Waals surface area (Å²) in [6.45, 7) is 1.54. The highest BCUT2D eigenvalue weighted by Crippen LogP contribution is 2.29. The zero-order valence-electron chi connectivity index (χ0n) is 15.6. The first-order valence-electron chi connectivity index (χ1n) is 9.19. The molecule has 7 heteroatoms. The Morgan fingerprint density at radius 2 is 1.93 bits per heavy atom. The van der Waals surface area contributed by atoms with Crippen LogP contribution < -0.4 is 16.4 Å². The summed E-state index contributed by atoms with van der Waals surface area (Å²) in [5, 5.41) is 5.37. The van der Waals surface area contributed by atoms with E-state index in [1.165, 1.54) is 24.6 Å². The lowest BCUT2D eigenvalue weighted by Gasteiger charge is -2.27. The van der Waals surface area contributed by atoms with Crippen LogP contribution in [-0.4, -0.2) is 24.0 Å². The molecule has 0 unspecified atom stereocenters. The summed E-state index contributed by atoms with van der Waals surface area (Å²) in [5.41, 5.74) is 8.02. The minimum Gasteiger partial charge on any atom is -0.449 e. The highest BCUT2D eigenvalue weighted by Gasteiger charge is 2.25. The Kier molecular flexibility index (Phi) is 5.93. The van der Waals surface area contributed by atoms with Crippen LogP contribution in [0.4, 0.5) is 10.5 Å². The Morgan fingerprint density at radius 1 is 1.14 bits per heavy atom. The quantitative estimate of drug-likeness (QED) is 0.692. The molecule has 0 saturated carbocycles. The summed E-state index contributed by atoms with van der Waals surface area (Å²) in [4.78, 5) is 35.8. The number of urea groups is 1. The monoisotopic (exact) mass is 381 g/mol. The Hall–Kier alpha value is -3.35. The molecule has 2 aromatic carbocycles. The van der Waals surface area contributed by atoms with Crippen LogP contribution in [0.25, 0.3) is 0 Å². The number of carbonyl (C=O) groups is 3. The van der Waals surface area contributed by atoms with E-state index in [2.05, 4.69) is 16.7 Å². The second kappa shape index (κ2) is 8.56. The van der Waals surface area contributed by atoms with Crippen molar-refractivity contribution in [3.05, 3.63) is 65.2 Å². The van der Waals surface area contributed by atoms with Gasteiger partial charge in [-0.2, -0.15) is 0 Å². The van der Waals surface area contributed by atoms with Gasteiger partial charge < -0.3 is 21.1 Å². The first-order chi connectivity index (χ1) is 13.4. The van der Waals surface area contributed by atoms with Crippen LogP contribution in [0.5, 0.6) is 0 Å². The van der Waals surface area contributed by atoms with Crippen molar-refractivity contribution in [3.63, 3.8) is 0 Å². The molecular weight excluding hydrogens is 358 g/mol. The lowest BCUT2D eigenvalue weighted by Crippen LogP contribution is -2.39. The number of fused-ring (bicyclic) bond motifs is 1. The molecule has 0 radical (unpaired) electrons. The van der Waals surface area contributed by atoms with Crippen LogP contribution in [0, 0.1) is 0 Å². The number of anilines is 1. The lowest BCUT2D eigenvalue weighted by molar-refractivity contribution is -0.130. The van der Waals surface area contributed by atoms with Gasteiger partial charge in [-0.25, -0.2) is 9.59 Å². The normalized spacial score (nSPS) is 16.4. The third kappa shape index (κ3) is 4.68. The third-order valence-electron chi connectivity index (χ3n) is 4.70. The maximum atomic E-state index is 12.5. The average Bonchev–Trinajstić information content (AvgIpc) is 2.68. The van der Waals surface area contributed by atoms with Gasteiger partial charge in [0.05, 0.1) is 11.6 Å². The predicted octanol–water partition coefficient (Wildman–Crippen LogP) is 2.92. The van der Waals surface area contributed by atoms with E-state index in [4.69, 9.17) is 10.5 Å². The molecule has 0 heterocycles. The summed E-state index contributed by atoms with van der Waals surface area (Å²) in [5.74, 6) is -0.999. The van der Waals surface area contributed by atoms with Gasteiger partial charge in [0.1, 0.15) is 0 Å². The zero-order chi connectivity index (χ0) is 20.1. The average molecular weight is 381 g/mol. The predicted molar refractivity (Wildman–Crippen MR) is 105 cm³/mol. The summed E-state index contributed by atoms with van der Waals surface area (Å²) in [6, 6.07) is 13.4. The van der Waals surface area contributed by atoms with E-state index in [-0.39, 0.29) is 17.5 Å². The Morgan fingerprint density at radius 3 is 2.71 bits per heavy atom. The first-order valence-corrected chi connectivity index (χ1v) is 9.19. The Labute approximate surface area is 163 Å².